The largest absolute Gasteiger partial charge is 0.416 e. The van der Waals surface area contributed by atoms with Gasteiger partial charge in [0.2, 0.25) is 5.89 Å². The van der Waals surface area contributed by atoms with Gasteiger partial charge in [0, 0.05) is 18.2 Å². The van der Waals surface area contributed by atoms with Crippen LogP contribution >= 0.6 is 23.1 Å². The maximum absolute atomic E-state index is 11.5. The van der Waals surface area contributed by atoms with Crippen LogP contribution in [0.3, 0.4) is 0 Å². The maximum atomic E-state index is 11.5. The lowest BCUT2D eigenvalue weighted by molar-refractivity contribution is 0.389. The number of hydrogen-bond donors (Lipinski definition) is 0. The summed E-state index contributed by atoms with van der Waals surface area (Å²) in [5, 5.41) is 14.5. The van der Waals surface area contributed by atoms with Crippen molar-refractivity contribution < 1.29 is 17.4 Å². The molecule has 10 heteroatoms. The van der Waals surface area contributed by atoms with Crippen molar-refractivity contribution >= 4 is 32.9 Å². The van der Waals surface area contributed by atoms with Crippen molar-refractivity contribution in [1.82, 2.24) is 15.4 Å². The fourth-order valence-corrected chi connectivity index (χ4v) is 5.91. The van der Waals surface area contributed by atoms with Gasteiger partial charge in [0.25, 0.3) is 5.22 Å². The molecular weight excluding hydrogens is 382 g/mol. The molecule has 132 valence electrons. The third-order valence-corrected chi connectivity index (χ3v) is 7.48. The van der Waals surface area contributed by atoms with Crippen LogP contribution in [0.5, 0.6) is 0 Å². The van der Waals surface area contributed by atoms with Crippen molar-refractivity contribution in [1.29, 1.82) is 0 Å². The summed E-state index contributed by atoms with van der Waals surface area (Å²) in [6.45, 7) is 0. The zero-order valence-corrected chi connectivity index (χ0v) is 15.6. The molecule has 3 aromatic rings. The summed E-state index contributed by atoms with van der Waals surface area (Å²) in [6, 6.07) is 5.85. The van der Waals surface area contributed by atoms with Crippen molar-refractivity contribution in [2.24, 2.45) is 5.92 Å². The summed E-state index contributed by atoms with van der Waals surface area (Å²) in [5.41, 5.74) is 0.801. The fourth-order valence-electron chi connectivity index (χ4n) is 2.71. The van der Waals surface area contributed by atoms with Gasteiger partial charge in [0.1, 0.15) is 0 Å². The first-order valence-electron chi connectivity index (χ1n) is 7.72. The van der Waals surface area contributed by atoms with Crippen LogP contribution in [0.2, 0.25) is 0 Å². The Morgan fingerprint density at radius 1 is 1.36 bits per heavy atom. The zero-order valence-electron chi connectivity index (χ0n) is 13.1. The molecule has 0 unspecified atom stereocenters. The van der Waals surface area contributed by atoms with Gasteiger partial charge in [-0.05, 0) is 23.8 Å². The van der Waals surface area contributed by atoms with E-state index in [-0.39, 0.29) is 17.4 Å². The summed E-state index contributed by atoms with van der Waals surface area (Å²) < 4.78 is 33.9. The first-order valence-corrected chi connectivity index (χ1v) is 11.4. The van der Waals surface area contributed by atoms with Gasteiger partial charge in [-0.1, -0.05) is 23.0 Å². The van der Waals surface area contributed by atoms with E-state index in [1.54, 1.807) is 11.3 Å². The van der Waals surface area contributed by atoms with Crippen LogP contribution in [0.1, 0.15) is 18.0 Å². The molecule has 0 N–H and O–H groups in total. The summed E-state index contributed by atoms with van der Waals surface area (Å²) in [6.07, 6.45) is 1.18. The minimum absolute atomic E-state index is 0.0761. The Hall–Kier alpha value is -1.65. The van der Waals surface area contributed by atoms with Gasteiger partial charge in [-0.15, -0.1) is 21.5 Å². The van der Waals surface area contributed by atoms with Crippen molar-refractivity contribution in [2.45, 2.75) is 23.8 Å². The molecule has 1 fully saturated rings. The molecule has 0 bridgehead atoms. The molecule has 1 atom stereocenters. The van der Waals surface area contributed by atoms with E-state index in [4.69, 9.17) is 8.94 Å². The number of nitrogens with zero attached hydrogens (tertiary/aromatic N) is 3. The van der Waals surface area contributed by atoms with Crippen LogP contribution < -0.4 is 0 Å². The highest BCUT2D eigenvalue weighted by atomic mass is 32.2. The van der Waals surface area contributed by atoms with Crippen molar-refractivity contribution in [2.75, 3.05) is 11.5 Å². The molecule has 25 heavy (non-hydrogen) atoms. The van der Waals surface area contributed by atoms with Crippen LogP contribution in [0, 0.1) is 5.92 Å². The minimum atomic E-state index is -2.88. The van der Waals surface area contributed by atoms with Gasteiger partial charge >= 0.3 is 0 Å². The molecule has 1 aliphatic rings. The van der Waals surface area contributed by atoms with Gasteiger partial charge in [-0.2, -0.15) is 0 Å². The predicted molar refractivity (Wildman–Crippen MR) is 94.1 cm³/mol. The Labute approximate surface area is 152 Å². The van der Waals surface area contributed by atoms with Gasteiger partial charge < -0.3 is 8.94 Å². The average Bonchev–Trinajstić information content (AvgIpc) is 3.32. The highest BCUT2D eigenvalue weighted by molar-refractivity contribution is 7.98. The molecule has 4 heterocycles. The average molecular weight is 398 g/mol. The topological polar surface area (TPSA) is 99.1 Å². The Morgan fingerprint density at radius 2 is 2.28 bits per heavy atom. The van der Waals surface area contributed by atoms with Crippen molar-refractivity contribution in [3.8, 4) is 10.6 Å². The van der Waals surface area contributed by atoms with E-state index >= 15 is 0 Å². The molecule has 1 saturated heterocycles. The van der Waals surface area contributed by atoms with Gasteiger partial charge in [-0.25, -0.2) is 8.42 Å². The summed E-state index contributed by atoms with van der Waals surface area (Å²) in [7, 11) is -2.88. The van der Waals surface area contributed by atoms with Gasteiger partial charge in [0.15, 0.2) is 15.6 Å². The number of aromatic nitrogens is 3. The molecule has 7 nitrogen and oxygen atoms in total. The maximum Gasteiger partial charge on any atom is 0.276 e. The molecule has 0 spiro atoms. The smallest absolute Gasteiger partial charge is 0.276 e. The van der Waals surface area contributed by atoms with Crippen LogP contribution in [0.4, 0.5) is 0 Å². The van der Waals surface area contributed by atoms with E-state index in [1.165, 1.54) is 11.8 Å². The lowest BCUT2D eigenvalue weighted by Crippen LogP contribution is -2.07. The minimum Gasteiger partial charge on any atom is -0.416 e. The molecule has 3 aromatic heterocycles. The highest BCUT2D eigenvalue weighted by Crippen LogP contribution is 2.28. The van der Waals surface area contributed by atoms with Crippen molar-refractivity contribution in [3.05, 3.63) is 35.2 Å². The zero-order chi connectivity index (χ0) is 17.3. The van der Waals surface area contributed by atoms with Crippen LogP contribution in [0.25, 0.3) is 10.6 Å². The second kappa shape index (κ2) is 6.93. The van der Waals surface area contributed by atoms with E-state index in [9.17, 15) is 8.42 Å². The molecule has 1 aliphatic heterocycles. The highest BCUT2D eigenvalue weighted by Gasteiger charge is 2.29. The quantitative estimate of drug-likeness (QED) is 0.585. The third-order valence-electron chi connectivity index (χ3n) is 3.90. The van der Waals surface area contributed by atoms with Crippen LogP contribution in [-0.4, -0.2) is 35.3 Å². The van der Waals surface area contributed by atoms with Crippen molar-refractivity contribution in [3.63, 3.8) is 0 Å². The van der Waals surface area contributed by atoms with E-state index in [0.717, 1.165) is 16.3 Å². The monoisotopic (exact) mass is 397 g/mol. The lowest BCUT2D eigenvalue weighted by Gasteiger charge is -2.01. The number of thioether (sulfide) groups is 1. The molecule has 0 radical (unpaired) electrons. The van der Waals surface area contributed by atoms with E-state index in [0.29, 0.717) is 29.7 Å². The molecule has 0 aromatic carbocycles. The first kappa shape index (κ1) is 16.8. The molecular formula is C15H15N3O4S3. The Morgan fingerprint density at radius 3 is 3.04 bits per heavy atom. The lowest BCUT2D eigenvalue weighted by atomic mass is 10.1. The van der Waals surface area contributed by atoms with Crippen LogP contribution in [0.15, 0.2) is 37.7 Å². The number of thiophene rings is 1. The summed E-state index contributed by atoms with van der Waals surface area (Å²) in [4.78, 5) is 1.04. The second-order valence-electron chi connectivity index (χ2n) is 5.88. The number of sulfone groups is 1. The standard InChI is InChI=1S/C15H15N3O4S3/c19-25(20)5-3-10(9-25)6-14-16-17-15(21-14)24-8-11-7-12(22-18-11)13-2-1-4-23-13/h1-2,4,7,10H,3,5-6,8-9H2/t10-/m0/s1. The second-order valence-corrected chi connectivity index (χ2v) is 9.99. The Kier molecular flexibility index (Phi) is 4.65. The SMILES string of the molecule is O=S1(=O)CC[C@@H](Cc2nnc(SCc3cc(-c4cccs4)on3)o2)C1. The molecule has 4 rings (SSSR count). The normalized spacial score (nSPS) is 19.4. The number of hydrogen-bond acceptors (Lipinski definition) is 9. The molecule has 0 aliphatic carbocycles. The fraction of sp³-hybridized carbons (Fsp3) is 0.400. The van der Waals surface area contributed by atoms with E-state index < -0.39 is 9.84 Å². The Bertz CT molecular complexity index is 947. The van der Waals surface area contributed by atoms with Gasteiger partial charge in [-0.3, -0.25) is 0 Å². The van der Waals surface area contributed by atoms with E-state index in [1.807, 2.05) is 23.6 Å². The summed E-state index contributed by atoms with van der Waals surface area (Å²) >= 11 is 2.98. The van der Waals surface area contributed by atoms with E-state index in [2.05, 4.69) is 15.4 Å². The van der Waals surface area contributed by atoms with Crippen LogP contribution in [-0.2, 0) is 22.0 Å². The molecule has 0 amide bonds. The summed E-state index contributed by atoms with van der Waals surface area (Å²) in [5.74, 6) is 2.35. The first-order chi connectivity index (χ1) is 12.1. The Balaban J connectivity index is 1.33. The predicted octanol–water partition coefficient (Wildman–Crippen LogP) is 3.06. The number of rotatable bonds is 6. The molecule has 0 saturated carbocycles. The third kappa shape index (κ3) is 4.13. The van der Waals surface area contributed by atoms with Gasteiger partial charge in [0.05, 0.1) is 22.1 Å².